The second kappa shape index (κ2) is 8.75. The molecule has 0 radical (unpaired) electrons. The third kappa shape index (κ3) is 4.01. The quantitative estimate of drug-likeness (QED) is 0.539. The molecule has 3 rings (SSSR count). The third-order valence-electron chi connectivity index (χ3n) is 5.26. The molecule has 0 atom stereocenters. The van der Waals surface area contributed by atoms with Crippen LogP contribution in [0.15, 0.2) is 73.8 Å². The highest BCUT2D eigenvalue weighted by Crippen LogP contribution is 2.45. The average molecular weight is 348 g/mol. The van der Waals surface area contributed by atoms with Gasteiger partial charge in [-0.05, 0) is 48.2 Å². The average Bonchev–Trinajstić information content (AvgIpc) is 2.72. The van der Waals surface area contributed by atoms with Crippen LogP contribution in [0.3, 0.4) is 0 Å². The van der Waals surface area contributed by atoms with Crippen LogP contribution >= 0.6 is 0 Å². The van der Waals surface area contributed by atoms with E-state index in [1.54, 1.807) is 12.2 Å². The predicted octanol–water partition coefficient (Wildman–Crippen LogP) is 6.07. The molecule has 1 saturated carbocycles. The van der Waals surface area contributed by atoms with Crippen LogP contribution in [0.1, 0.15) is 43.2 Å². The summed E-state index contributed by atoms with van der Waals surface area (Å²) in [6, 6.07) is 17.2. The molecule has 2 aromatic rings. The predicted molar refractivity (Wildman–Crippen MR) is 108 cm³/mol. The smallest absolute Gasteiger partial charge is 0.119 e. The molecule has 1 aliphatic rings. The Hall–Kier alpha value is -2.48. The fraction of sp³-hybridized carbons (Fsp3) is 0.333. The molecule has 0 unspecified atom stereocenters. The minimum atomic E-state index is 0.0895. The minimum Gasteiger partial charge on any atom is -0.490 e. The van der Waals surface area contributed by atoms with Crippen LogP contribution in [0.4, 0.5) is 0 Å². The zero-order chi connectivity index (χ0) is 18.2. The molecule has 1 aliphatic carbocycles. The van der Waals surface area contributed by atoms with Crippen molar-refractivity contribution in [1.82, 2.24) is 0 Å². The summed E-state index contributed by atoms with van der Waals surface area (Å²) in [6.45, 7) is 8.48. The molecule has 2 heteroatoms. The van der Waals surface area contributed by atoms with Gasteiger partial charge in [0.15, 0.2) is 0 Å². The number of ether oxygens (including phenoxy) is 2. The molecule has 1 fully saturated rings. The van der Waals surface area contributed by atoms with Crippen molar-refractivity contribution < 1.29 is 9.47 Å². The number of benzene rings is 2. The van der Waals surface area contributed by atoms with Gasteiger partial charge in [0, 0.05) is 5.41 Å². The first-order chi connectivity index (χ1) is 12.8. The first-order valence-electron chi connectivity index (χ1n) is 9.47. The Morgan fingerprint density at radius 3 is 1.50 bits per heavy atom. The summed E-state index contributed by atoms with van der Waals surface area (Å²) >= 11 is 0. The van der Waals surface area contributed by atoms with E-state index in [2.05, 4.69) is 61.7 Å². The Morgan fingerprint density at radius 1 is 0.692 bits per heavy atom. The molecule has 136 valence electrons. The summed E-state index contributed by atoms with van der Waals surface area (Å²) in [7, 11) is 0. The molecular weight excluding hydrogens is 320 g/mol. The van der Waals surface area contributed by atoms with Crippen LogP contribution in [0, 0.1) is 0 Å². The van der Waals surface area contributed by atoms with Crippen molar-refractivity contribution in [3.63, 3.8) is 0 Å². The first kappa shape index (κ1) is 18.3. The Labute approximate surface area is 157 Å². The second-order valence-electron chi connectivity index (χ2n) is 6.89. The first-order valence-corrected chi connectivity index (χ1v) is 9.47. The van der Waals surface area contributed by atoms with Gasteiger partial charge in [0.25, 0.3) is 0 Å². The van der Waals surface area contributed by atoms with E-state index in [1.165, 1.54) is 43.2 Å². The Balaban J connectivity index is 1.88. The van der Waals surface area contributed by atoms with E-state index < -0.39 is 0 Å². The fourth-order valence-electron chi connectivity index (χ4n) is 3.95. The summed E-state index contributed by atoms with van der Waals surface area (Å²) in [6.07, 6.45) is 9.77. The number of hydrogen-bond acceptors (Lipinski definition) is 2. The molecule has 0 aliphatic heterocycles. The summed E-state index contributed by atoms with van der Waals surface area (Å²) in [5.74, 6) is 1.79. The normalized spacial score (nSPS) is 15.8. The lowest BCUT2D eigenvalue weighted by molar-refractivity contribution is 0.341. The van der Waals surface area contributed by atoms with Gasteiger partial charge in [-0.25, -0.2) is 0 Å². The highest BCUT2D eigenvalue weighted by Gasteiger charge is 2.35. The van der Waals surface area contributed by atoms with Gasteiger partial charge < -0.3 is 9.47 Å². The topological polar surface area (TPSA) is 18.5 Å². The molecule has 26 heavy (non-hydrogen) atoms. The van der Waals surface area contributed by atoms with Gasteiger partial charge in [0.05, 0.1) is 0 Å². The van der Waals surface area contributed by atoms with Crippen LogP contribution < -0.4 is 9.47 Å². The van der Waals surface area contributed by atoms with Gasteiger partial charge in [-0.15, -0.1) is 0 Å². The van der Waals surface area contributed by atoms with Gasteiger partial charge in [-0.2, -0.15) is 0 Å². The van der Waals surface area contributed by atoms with Crippen molar-refractivity contribution in [2.75, 3.05) is 13.2 Å². The zero-order valence-electron chi connectivity index (χ0n) is 15.5. The molecular formula is C24H28O2. The van der Waals surface area contributed by atoms with Crippen LogP contribution in [0.2, 0.25) is 0 Å². The molecule has 0 amide bonds. The lowest BCUT2D eigenvalue weighted by Crippen LogP contribution is -2.30. The van der Waals surface area contributed by atoms with Crippen molar-refractivity contribution >= 4 is 0 Å². The molecule has 0 bridgehead atoms. The summed E-state index contributed by atoms with van der Waals surface area (Å²) < 4.78 is 11.3. The van der Waals surface area contributed by atoms with Crippen LogP contribution in [0.25, 0.3) is 0 Å². The molecule has 0 N–H and O–H groups in total. The SMILES string of the molecule is C=CCOc1ccc(C2(c3ccc(OCC=C)cc3)CCCCC2)cc1. The zero-order valence-corrected chi connectivity index (χ0v) is 15.5. The summed E-state index contributed by atoms with van der Waals surface area (Å²) in [5, 5.41) is 0. The molecule has 2 nitrogen and oxygen atoms in total. The minimum absolute atomic E-state index is 0.0895. The van der Waals surface area contributed by atoms with Gasteiger partial charge in [0.1, 0.15) is 24.7 Å². The van der Waals surface area contributed by atoms with Gasteiger partial charge in [0.2, 0.25) is 0 Å². The maximum absolute atomic E-state index is 5.65. The van der Waals surface area contributed by atoms with Gasteiger partial charge in [-0.1, -0.05) is 68.8 Å². The van der Waals surface area contributed by atoms with E-state index in [0.717, 1.165) is 11.5 Å². The van der Waals surface area contributed by atoms with E-state index in [-0.39, 0.29) is 5.41 Å². The van der Waals surface area contributed by atoms with E-state index in [4.69, 9.17) is 9.47 Å². The monoisotopic (exact) mass is 348 g/mol. The summed E-state index contributed by atoms with van der Waals surface area (Å²) in [5.41, 5.74) is 2.84. The van der Waals surface area contributed by atoms with Crippen LogP contribution in [-0.4, -0.2) is 13.2 Å². The summed E-state index contributed by atoms with van der Waals surface area (Å²) in [4.78, 5) is 0. The maximum atomic E-state index is 5.65. The highest BCUT2D eigenvalue weighted by atomic mass is 16.5. The molecule has 0 spiro atoms. The van der Waals surface area contributed by atoms with Crippen molar-refractivity contribution in [2.24, 2.45) is 0 Å². The Bertz CT molecular complexity index is 649. The van der Waals surface area contributed by atoms with Gasteiger partial charge >= 0.3 is 0 Å². The van der Waals surface area contributed by atoms with E-state index in [9.17, 15) is 0 Å². The number of rotatable bonds is 8. The standard InChI is InChI=1S/C24H28O2/c1-3-18-25-22-12-8-20(9-13-22)24(16-6-5-7-17-24)21-10-14-23(15-11-21)26-19-4-2/h3-4,8-15H,1-2,5-7,16-19H2. The van der Waals surface area contributed by atoms with Crippen molar-refractivity contribution in [2.45, 2.75) is 37.5 Å². The molecule has 0 aromatic heterocycles. The Kier molecular flexibility index (Phi) is 6.17. The van der Waals surface area contributed by atoms with Crippen molar-refractivity contribution in [1.29, 1.82) is 0 Å². The van der Waals surface area contributed by atoms with E-state index in [1.807, 2.05) is 0 Å². The Morgan fingerprint density at radius 2 is 1.12 bits per heavy atom. The van der Waals surface area contributed by atoms with E-state index >= 15 is 0 Å². The van der Waals surface area contributed by atoms with Crippen molar-refractivity contribution in [3.8, 4) is 11.5 Å². The maximum Gasteiger partial charge on any atom is 0.119 e. The lowest BCUT2D eigenvalue weighted by atomic mass is 9.65. The van der Waals surface area contributed by atoms with Gasteiger partial charge in [-0.3, -0.25) is 0 Å². The lowest BCUT2D eigenvalue weighted by Gasteiger charge is -2.38. The molecule has 0 saturated heterocycles. The van der Waals surface area contributed by atoms with Crippen LogP contribution in [-0.2, 0) is 5.41 Å². The highest BCUT2D eigenvalue weighted by molar-refractivity contribution is 5.43. The fourth-order valence-corrected chi connectivity index (χ4v) is 3.95. The number of hydrogen-bond donors (Lipinski definition) is 0. The van der Waals surface area contributed by atoms with Crippen LogP contribution in [0.5, 0.6) is 11.5 Å². The molecule has 2 aromatic carbocycles. The largest absolute Gasteiger partial charge is 0.490 e. The van der Waals surface area contributed by atoms with E-state index in [0.29, 0.717) is 13.2 Å². The third-order valence-corrected chi connectivity index (χ3v) is 5.26. The second-order valence-corrected chi connectivity index (χ2v) is 6.89. The van der Waals surface area contributed by atoms with Crippen molar-refractivity contribution in [3.05, 3.63) is 85.0 Å². The molecule has 0 heterocycles.